The summed E-state index contributed by atoms with van der Waals surface area (Å²) in [7, 11) is -2.10. The smallest absolute Gasteiger partial charge is 0.264 e. The summed E-state index contributed by atoms with van der Waals surface area (Å²) in [5, 5.41) is 0. The van der Waals surface area contributed by atoms with Gasteiger partial charge >= 0.3 is 0 Å². The second kappa shape index (κ2) is 6.28. The minimum Gasteiger partial charge on any atom is -0.339 e. The Morgan fingerprint density at radius 2 is 1.58 bits per heavy atom. The van der Waals surface area contributed by atoms with Crippen molar-refractivity contribution in [3.05, 3.63) is 59.7 Å². The molecule has 1 aliphatic rings. The van der Waals surface area contributed by atoms with Gasteiger partial charge in [-0.05, 0) is 49.7 Å². The number of nitrogens with zero attached hydrogens (tertiary/aromatic N) is 2. The molecule has 2 aromatic rings. The van der Waals surface area contributed by atoms with Crippen molar-refractivity contribution in [2.24, 2.45) is 0 Å². The second-order valence-electron chi connectivity index (χ2n) is 5.98. The molecule has 5 nitrogen and oxygen atoms in total. The molecule has 1 heterocycles. The summed E-state index contributed by atoms with van der Waals surface area (Å²) < 4.78 is 26.6. The van der Waals surface area contributed by atoms with Gasteiger partial charge in [-0.3, -0.25) is 9.10 Å². The molecule has 0 bridgehead atoms. The summed E-state index contributed by atoms with van der Waals surface area (Å²) in [5.74, 6) is -0.00292. The molecule has 0 saturated carbocycles. The van der Waals surface area contributed by atoms with E-state index in [2.05, 4.69) is 0 Å². The number of carbonyl (C=O) groups excluding carboxylic acids is 1. The Balaban J connectivity index is 1.82. The Bertz CT molecular complexity index is 839. The van der Waals surface area contributed by atoms with Gasteiger partial charge in [0.1, 0.15) is 0 Å². The summed E-state index contributed by atoms with van der Waals surface area (Å²) in [6.45, 7) is 3.50. The zero-order chi connectivity index (χ0) is 17.3. The average molecular weight is 344 g/mol. The summed E-state index contributed by atoms with van der Waals surface area (Å²) in [5.41, 5.74) is 2.11. The van der Waals surface area contributed by atoms with Crippen molar-refractivity contribution in [2.75, 3.05) is 24.4 Å². The van der Waals surface area contributed by atoms with Gasteiger partial charge in [0.15, 0.2) is 0 Å². The van der Waals surface area contributed by atoms with Crippen molar-refractivity contribution in [2.45, 2.75) is 18.2 Å². The number of anilines is 1. The highest BCUT2D eigenvalue weighted by Crippen LogP contribution is 2.23. The Labute approximate surface area is 142 Å². The van der Waals surface area contributed by atoms with Gasteiger partial charge in [-0.15, -0.1) is 0 Å². The van der Waals surface area contributed by atoms with Crippen LogP contribution in [0.4, 0.5) is 5.69 Å². The lowest BCUT2D eigenvalue weighted by Gasteiger charge is -2.31. The molecule has 24 heavy (non-hydrogen) atoms. The molecule has 126 valence electrons. The maximum Gasteiger partial charge on any atom is 0.264 e. The van der Waals surface area contributed by atoms with Gasteiger partial charge in [0, 0.05) is 25.7 Å². The van der Waals surface area contributed by atoms with Crippen molar-refractivity contribution >= 4 is 21.6 Å². The molecule has 2 aromatic carbocycles. The van der Waals surface area contributed by atoms with Crippen LogP contribution in [0.2, 0.25) is 0 Å². The number of amides is 1. The Kier molecular flexibility index (Phi) is 4.32. The molecule has 3 rings (SSSR count). The summed E-state index contributed by atoms with van der Waals surface area (Å²) >= 11 is 0. The monoisotopic (exact) mass is 344 g/mol. The number of hydrogen-bond donors (Lipinski definition) is 0. The number of aryl methyl sites for hydroxylation is 1. The van der Waals surface area contributed by atoms with E-state index in [0.29, 0.717) is 11.3 Å². The fourth-order valence-corrected chi connectivity index (χ4v) is 3.72. The van der Waals surface area contributed by atoms with Crippen LogP contribution in [0.15, 0.2) is 53.4 Å². The van der Waals surface area contributed by atoms with Gasteiger partial charge in [0.25, 0.3) is 15.9 Å². The fourth-order valence-electron chi connectivity index (χ4n) is 2.52. The van der Waals surface area contributed by atoms with E-state index in [1.54, 1.807) is 53.4 Å². The predicted molar refractivity (Wildman–Crippen MR) is 93.7 cm³/mol. The summed E-state index contributed by atoms with van der Waals surface area (Å²) in [6.07, 6.45) is 1.04. The van der Waals surface area contributed by atoms with Crippen molar-refractivity contribution in [3.8, 4) is 0 Å². The Hall–Kier alpha value is -2.34. The maximum atomic E-state index is 12.7. The number of hydrogen-bond acceptors (Lipinski definition) is 3. The van der Waals surface area contributed by atoms with E-state index in [1.165, 1.54) is 11.4 Å². The minimum absolute atomic E-state index is 0.00292. The largest absolute Gasteiger partial charge is 0.339 e. The van der Waals surface area contributed by atoms with Crippen LogP contribution in [-0.4, -0.2) is 39.4 Å². The Morgan fingerprint density at radius 3 is 2.08 bits per heavy atom. The van der Waals surface area contributed by atoms with Crippen LogP contribution >= 0.6 is 0 Å². The molecule has 1 fully saturated rings. The van der Waals surface area contributed by atoms with E-state index < -0.39 is 10.0 Å². The van der Waals surface area contributed by atoms with E-state index in [4.69, 9.17) is 0 Å². The lowest BCUT2D eigenvalue weighted by Crippen LogP contribution is -2.42. The summed E-state index contributed by atoms with van der Waals surface area (Å²) in [6, 6.07) is 13.4. The highest BCUT2D eigenvalue weighted by molar-refractivity contribution is 7.92. The first-order chi connectivity index (χ1) is 11.4. The highest BCUT2D eigenvalue weighted by Gasteiger charge is 2.23. The zero-order valence-corrected chi connectivity index (χ0v) is 14.6. The van der Waals surface area contributed by atoms with Crippen molar-refractivity contribution < 1.29 is 13.2 Å². The van der Waals surface area contributed by atoms with Gasteiger partial charge in [-0.25, -0.2) is 8.42 Å². The molecule has 1 amide bonds. The van der Waals surface area contributed by atoms with Crippen LogP contribution < -0.4 is 4.31 Å². The number of rotatable bonds is 4. The standard InChI is InChI=1S/C18H20N2O3S/c1-14-4-10-17(11-5-14)24(22,23)19(2)16-8-6-15(7-9-16)18(21)20-12-3-13-20/h4-11H,3,12-13H2,1-2H3. The van der Waals surface area contributed by atoms with Crippen molar-refractivity contribution in [1.29, 1.82) is 0 Å². The zero-order valence-electron chi connectivity index (χ0n) is 13.8. The van der Waals surface area contributed by atoms with Crippen LogP contribution in [0.5, 0.6) is 0 Å². The highest BCUT2D eigenvalue weighted by atomic mass is 32.2. The number of sulfonamides is 1. The SMILES string of the molecule is Cc1ccc(S(=O)(=O)N(C)c2ccc(C(=O)N3CCC3)cc2)cc1. The molecule has 0 spiro atoms. The van der Waals surface area contributed by atoms with E-state index in [-0.39, 0.29) is 10.8 Å². The first-order valence-corrected chi connectivity index (χ1v) is 9.28. The maximum absolute atomic E-state index is 12.7. The molecular weight excluding hydrogens is 324 g/mol. The molecule has 0 atom stereocenters. The number of likely N-dealkylation sites (tertiary alicyclic amines) is 1. The van der Waals surface area contributed by atoms with Crippen molar-refractivity contribution in [3.63, 3.8) is 0 Å². The first kappa shape index (κ1) is 16.5. The molecule has 0 aliphatic carbocycles. The quantitative estimate of drug-likeness (QED) is 0.857. The molecule has 6 heteroatoms. The third kappa shape index (κ3) is 3.01. The van der Waals surface area contributed by atoms with Gasteiger partial charge in [0.2, 0.25) is 0 Å². The lowest BCUT2D eigenvalue weighted by molar-refractivity contribution is 0.0652. The molecular formula is C18H20N2O3S. The van der Waals surface area contributed by atoms with E-state index in [9.17, 15) is 13.2 Å². The predicted octanol–water partition coefficient (Wildman–Crippen LogP) is 2.67. The fraction of sp³-hybridized carbons (Fsp3) is 0.278. The van der Waals surface area contributed by atoms with Crippen LogP contribution in [0.1, 0.15) is 22.3 Å². The topological polar surface area (TPSA) is 57.7 Å². The van der Waals surface area contributed by atoms with Gasteiger partial charge < -0.3 is 4.90 Å². The Morgan fingerprint density at radius 1 is 1.00 bits per heavy atom. The number of carbonyl (C=O) groups is 1. The third-order valence-corrected chi connectivity index (χ3v) is 6.10. The van der Waals surface area contributed by atoms with E-state index in [1.807, 2.05) is 6.92 Å². The number of benzene rings is 2. The minimum atomic E-state index is -3.61. The lowest BCUT2D eigenvalue weighted by atomic mass is 10.1. The third-order valence-electron chi connectivity index (χ3n) is 4.30. The average Bonchev–Trinajstić information content (AvgIpc) is 2.53. The van der Waals surface area contributed by atoms with E-state index in [0.717, 1.165) is 25.1 Å². The van der Waals surface area contributed by atoms with Crippen molar-refractivity contribution in [1.82, 2.24) is 4.90 Å². The van der Waals surface area contributed by atoms with Crippen LogP contribution in [0.3, 0.4) is 0 Å². The van der Waals surface area contributed by atoms with Gasteiger partial charge in [-0.2, -0.15) is 0 Å². The molecule has 1 aliphatic heterocycles. The second-order valence-corrected chi connectivity index (χ2v) is 7.95. The molecule has 0 aromatic heterocycles. The van der Waals surface area contributed by atoms with Crippen LogP contribution in [0, 0.1) is 6.92 Å². The molecule has 0 radical (unpaired) electrons. The summed E-state index contributed by atoms with van der Waals surface area (Å²) in [4.78, 5) is 14.2. The van der Waals surface area contributed by atoms with Gasteiger partial charge in [-0.1, -0.05) is 17.7 Å². The first-order valence-electron chi connectivity index (χ1n) is 7.84. The van der Waals surface area contributed by atoms with E-state index >= 15 is 0 Å². The molecule has 0 N–H and O–H groups in total. The van der Waals surface area contributed by atoms with Gasteiger partial charge in [0.05, 0.1) is 10.6 Å². The molecule has 1 saturated heterocycles. The van der Waals surface area contributed by atoms with Crippen LogP contribution in [-0.2, 0) is 10.0 Å². The molecule has 0 unspecified atom stereocenters. The normalized spacial score (nSPS) is 14.2. The van der Waals surface area contributed by atoms with Crippen LogP contribution in [0.25, 0.3) is 0 Å².